The van der Waals surface area contributed by atoms with Gasteiger partial charge >= 0.3 is 0 Å². The third-order valence-electron chi connectivity index (χ3n) is 3.15. The van der Waals surface area contributed by atoms with Gasteiger partial charge in [0.1, 0.15) is 0 Å². The van der Waals surface area contributed by atoms with Gasteiger partial charge in [-0.15, -0.1) is 0 Å². The van der Waals surface area contributed by atoms with Crippen molar-refractivity contribution in [2.45, 2.75) is 32.2 Å². The molecule has 1 aliphatic carbocycles. The van der Waals surface area contributed by atoms with Crippen LogP contribution in [0.1, 0.15) is 26.2 Å². The van der Waals surface area contributed by atoms with Gasteiger partial charge in [-0.3, -0.25) is 0 Å². The third kappa shape index (κ3) is 0.586. The average molecular weight is 124 g/mol. The highest BCUT2D eigenvalue weighted by Crippen LogP contribution is 2.49. The van der Waals surface area contributed by atoms with E-state index in [0.717, 1.165) is 6.04 Å². The first-order valence-electron chi connectivity index (χ1n) is 3.91. The molecule has 1 N–H and O–H groups in total. The summed E-state index contributed by atoms with van der Waals surface area (Å²) in [6.07, 6.45) is 6.63. The Kier molecular flexibility index (Phi) is 1.10. The molecular weight excluding hydrogens is 110 g/mol. The Bertz CT molecular complexity index is 118. The van der Waals surface area contributed by atoms with Crippen LogP contribution in [0.4, 0.5) is 0 Å². The summed E-state index contributed by atoms with van der Waals surface area (Å²) in [4.78, 5) is 0. The van der Waals surface area contributed by atoms with E-state index in [0.29, 0.717) is 5.41 Å². The van der Waals surface area contributed by atoms with Gasteiger partial charge in [-0.25, -0.2) is 0 Å². The summed E-state index contributed by atoms with van der Waals surface area (Å²) < 4.78 is 0. The van der Waals surface area contributed by atoms with Crippen molar-refractivity contribution in [2.75, 3.05) is 6.54 Å². The van der Waals surface area contributed by atoms with Crippen LogP contribution in [0.15, 0.2) is 0 Å². The van der Waals surface area contributed by atoms with E-state index in [-0.39, 0.29) is 0 Å². The molecule has 0 amide bonds. The molecule has 1 heteroatoms. The predicted octanol–water partition coefficient (Wildman–Crippen LogP) is 1.35. The number of hydrogen-bond acceptors (Lipinski definition) is 1. The maximum atomic E-state index is 3.52. The van der Waals surface area contributed by atoms with Crippen LogP contribution in [0, 0.1) is 11.8 Å². The van der Waals surface area contributed by atoms with E-state index >= 15 is 0 Å². The second-order valence-corrected chi connectivity index (χ2v) is 3.32. The minimum atomic E-state index is 0.639. The fraction of sp³-hybridized carbons (Fsp3) is 0.875. The van der Waals surface area contributed by atoms with Crippen molar-refractivity contribution in [1.29, 1.82) is 0 Å². The SMILES string of the molecule is C[CH]C12CCNC1CC2. The van der Waals surface area contributed by atoms with E-state index in [4.69, 9.17) is 0 Å². The van der Waals surface area contributed by atoms with E-state index < -0.39 is 0 Å². The van der Waals surface area contributed by atoms with Gasteiger partial charge < -0.3 is 5.32 Å². The first-order chi connectivity index (χ1) is 4.37. The lowest BCUT2D eigenvalue weighted by Crippen LogP contribution is -2.45. The lowest BCUT2D eigenvalue weighted by Gasteiger charge is -2.43. The molecule has 2 atom stereocenters. The molecular formula is C8H14N. The van der Waals surface area contributed by atoms with Crippen LogP contribution in [0.5, 0.6) is 0 Å². The first-order valence-corrected chi connectivity index (χ1v) is 3.91. The van der Waals surface area contributed by atoms with Gasteiger partial charge in [-0.2, -0.15) is 0 Å². The van der Waals surface area contributed by atoms with Crippen molar-refractivity contribution < 1.29 is 0 Å². The zero-order valence-electron chi connectivity index (χ0n) is 5.98. The fourth-order valence-electron chi connectivity index (χ4n) is 2.23. The molecule has 2 fully saturated rings. The van der Waals surface area contributed by atoms with Gasteiger partial charge in [0.2, 0.25) is 0 Å². The van der Waals surface area contributed by atoms with E-state index in [1.54, 1.807) is 0 Å². The summed E-state index contributed by atoms with van der Waals surface area (Å²) in [5.41, 5.74) is 0.639. The molecule has 1 nitrogen and oxygen atoms in total. The molecule has 51 valence electrons. The minimum absolute atomic E-state index is 0.639. The number of rotatable bonds is 1. The summed E-state index contributed by atoms with van der Waals surface area (Å²) >= 11 is 0. The molecule has 0 aromatic heterocycles. The standard InChI is InChI=1S/C8H14N/c1-2-8-4-3-7(8)9-6-5-8/h2,7,9H,3-6H2,1H3. The smallest absolute Gasteiger partial charge is 0.0127 e. The highest BCUT2D eigenvalue weighted by atomic mass is 15.0. The molecule has 1 aliphatic heterocycles. The average Bonchev–Trinajstić information content (AvgIpc) is 2.10. The largest absolute Gasteiger partial charge is 0.313 e. The summed E-state index contributed by atoms with van der Waals surface area (Å²) in [5.74, 6) is 0. The van der Waals surface area contributed by atoms with Gasteiger partial charge in [0.15, 0.2) is 0 Å². The van der Waals surface area contributed by atoms with Crippen molar-refractivity contribution in [2.24, 2.45) is 5.41 Å². The molecule has 0 spiro atoms. The van der Waals surface area contributed by atoms with E-state index in [1.807, 2.05) is 0 Å². The van der Waals surface area contributed by atoms with E-state index in [2.05, 4.69) is 18.7 Å². The maximum absolute atomic E-state index is 3.52. The maximum Gasteiger partial charge on any atom is 0.0127 e. The third-order valence-corrected chi connectivity index (χ3v) is 3.15. The lowest BCUT2D eigenvalue weighted by atomic mass is 9.63. The van der Waals surface area contributed by atoms with Crippen molar-refractivity contribution in [1.82, 2.24) is 5.32 Å². The number of hydrogen-bond donors (Lipinski definition) is 1. The Labute approximate surface area is 56.8 Å². The van der Waals surface area contributed by atoms with Crippen molar-refractivity contribution in [3.05, 3.63) is 6.42 Å². The van der Waals surface area contributed by atoms with Crippen LogP contribution in [-0.4, -0.2) is 12.6 Å². The zero-order valence-corrected chi connectivity index (χ0v) is 5.98. The molecule has 0 aromatic rings. The molecule has 2 unspecified atom stereocenters. The van der Waals surface area contributed by atoms with E-state index in [9.17, 15) is 0 Å². The molecule has 0 bridgehead atoms. The molecule has 1 heterocycles. The zero-order chi connectivity index (χ0) is 6.32. The minimum Gasteiger partial charge on any atom is -0.313 e. The fourth-order valence-corrected chi connectivity index (χ4v) is 2.23. The predicted molar refractivity (Wildman–Crippen MR) is 38.0 cm³/mol. The molecule has 1 saturated heterocycles. The Morgan fingerprint density at radius 3 is 2.78 bits per heavy atom. The summed E-state index contributed by atoms with van der Waals surface area (Å²) in [6.45, 7) is 3.45. The quantitative estimate of drug-likeness (QED) is 0.556. The monoisotopic (exact) mass is 124 g/mol. The molecule has 9 heavy (non-hydrogen) atoms. The van der Waals surface area contributed by atoms with Crippen LogP contribution < -0.4 is 5.32 Å². The van der Waals surface area contributed by atoms with E-state index in [1.165, 1.54) is 25.8 Å². The number of nitrogens with one attached hydrogen (secondary N) is 1. The van der Waals surface area contributed by atoms with Gasteiger partial charge in [0, 0.05) is 6.04 Å². The van der Waals surface area contributed by atoms with Gasteiger partial charge in [-0.05, 0) is 37.6 Å². The van der Waals surface area contributed by atoms with Crippen LogP contribution in [0.25, 0.3) is 0 Å². The van der Waals surface area contributed by atoms with Crippen LogP contribution in [0.2, 0.25) is 0 Å². The van der Waals surface area contributed by atoms with Gasteiger partial charge in [0.05, 0.1) is 0 Å². The van der Waals surface area contributed by atoms with Crippen molar-refractivity contribution >= 4 is 0 Å². The Morgan fingerprint density at radius 1 is 1.56 bits per heavy atom. The van der Waals surface area contributed by atoms with Crippen molar-refractivity contribution in [3.8, 4) is 0 Å². The summed E-state index contributed by atoms with van der Waals surface area (Å²) in [5, 5.41) is 3.52. The summed E-state index contributed by atoms with van der Waals surface area (Å²) in [6, 6.07) is 0.850. The number of fused-ring (bicyclic) bond motifs is 1. The molecule has 1 saturated carbocycles. The molecule has 1 radical (unpaired) electrons. The van der Waals surface area contributed by atoms with Gasteiger partial charge in [0.25, 0.3) is 0 Å². The van der Waals surface area contributed by atoms with Gasteiger partial charge in [-0.1, -0.05) is 6.92 Å². The Hall–Kier alpha value is -0.0400. The first kappa shape index (κ1) is 5.72. The van der Waals surface area contributed by atoms with Crippen LogP contribution in [-0.2, 0) is 0 Å². The Balaban J connectivity index is 2.10. The Morgan fingerprint density at radius 2 is 2.44 bits per heavy atom. The van der Waals surface area contributed by atoms with Crippen LogP contribution >= 0.6 is 0 Å². The van der Waals surface area contributed by atoms with Crippen LogP contribution in [0.3, 0.4) is 0 Å². The second kappa shape index (κ2) is 1.72. The second-order valence-electron chi connectivity index (χ2n) is 3.32. The van der Waals surface area contributed by atoms with Crippen molar-refractivity contribution in [3.63, 3.8) is 0 Å². The summed E-state index contributed by atoms with van der Waals surface area (Å²) in [7, 11) is 0. The highest BCUT2D eigenvalue weighted by Gasteiger charge is 2.48. The normalized spacial score (nSPS) is 48.3. The molecule has 2 rings (SSSR count). The molecule has 2 aliphatic rings. The lowest BCUT2D eigenvalue weighted by molar-refractivity contribution is 0.156. The topological polar surface area (TPSA) is 12.0 Å². The highest BCUT2D eigenvalue weighted by molar-refractivity contribution is 5.10. The molecule has 0 aromatic carbocycles.